The molecule has 0 fully saturated rings. The first-order chi connectivity index (χ1) is 7.74. The highest BCUT2D eigenvalue weighted by Gasteiger charge is 2.08. The molecule has 16 heavy (non-hydrogen) atoms. The number of hydrogen-bond donors (Lipinski definition) is 1. The fourth-order valence-corrected chi connectivity index (χ4v) is 2.72. The third-order valence-electron chi connectivity index (χ3n) is 2.71. The van der Waals surface area contributed by atoms with E-state index in [0.29, 0.717) is 0 Å². The van der Waals surface area contributed by atoms with Crippen LogP contribution in [0.3, 0.4) is 0 Å². The van der Waals surface area contributed by atoms with E-state index < -0.39 is 0 Å². The molecule has 80 valence electrons. The molecule has 3 aromatic rings. The predicted molar refractivity (Wildman–Crippen MR) is 68.9 cm³/mol. The van der Waals surface area contributed by atoms with Gasteiger partial charge in [0.1, 0.15) is 5.82 Å². The van der Waals surface area contributed by atoms with Crippen LogP contribution in [-0.4, -0.2) is 9.97 Å². The molecule has 0 unspecified atom stereocenters. The minimum Gasteiger partial charge on any atom is -0.337 e. The summed E-state index contributed by atoms with van der Waals surface area (Å²) in [5, 5.41) is 2.10. The highest BCUT2D eigenvalue weighted by atomic mass is 32.1. The number of hydrogen-bond acceptors (Lipinski definition) is 2. The number of nitrogens with zero attached hydrogens (tertiary/aromatic N) is 1. The third-order valence-corrected chi connectivity index (χ3v) is 3.74. The molecule has 2 heterocycles. The van der Waals surface area contributed by atoms with E-state index in [2.05, 4.69) is 53.5 Å². The lowest BCUT2D eigenvalue weighted by molar-refractivity contribution is 1.34. The molecular formula is C13H12N2S. The van der Waals surface area contributed by atoms with Crippen LogP contribution in [0.25, 0.3) is 21.7 Å². The van der Waals surface area contributed by atoms with Crippen LogP contribution in [0.2, 0.25) is 0 Å². The van der Waals surface area contributed by atoms with Gasteiger partial charge in [-0.3, -0.25) is 0 Å². The predicted octanol–water partition coefficient (Wildman–Crippen LogP) is 3.91. The van der Waals surface area contributed by atoms with E-state index in [1.54, 1.807) is 11.3 Å². The van der Waals surface area contributed by atoms with Gasteiger partial charge in [-0.25, -0.2) is 4.98 Å². The largest absolute Gasteiger partial charge is 0.337 e. The Morgan fingerprint density at radius 3 is 2.81 bits per heavy atom. The number of nitrogens with one attached hydrogen (secondary N) is 1. The van der Waals surface area contributed by atoms with Crippen LogP contribution in [0, 0.1) is 13.8 Å². The van der Waals surface area contributed by atoms with Gasteiger partial charge in [0.05, 0.1) is 15.9 Å². The second kappa shape index (κ2) is 3.46. The molecule has 1 N–H and O–H groups in total. The van der Waals surface area contributed by atoms with Crippen molar-refractivity contribution in [2.24, 2.45) is 0 Å². The summed E-state index contributed by atoms with van der Waals surface area (Å²) in [7, 11) is 0. The van der Waals surface area contributed by atoms with Gasteiger partial charge in [0, 0.05) is 0 Å². The smallest absolute Gasteiger partial charge is 0.148 e. The van der Waals surface area contributed by atoms with E-state index in [9.17, 15) is 0 Å². The molecule has 0 aliphatic rings. The molecule has 3 heteroatoms. The molecule has 0 saturated carbocycles. The van der Waals surface area contributed by atoms with Gasteiger partial charge in [-0.05, 0) is 48.6 Å². The quantitative estimate of drug-likeness (QED) is 0.672. The summed E-state index contributed by atoms with van der Waals surface area (Å²) >= 11 is 1.73. The van der Waals surface area contributed by atoms with Crippen LogP contribution in [0.15, 0.2) is 29.6 Å². The number of thiophene rings is 1. The third kappa shape index (κ3) is 1.44. The Morgan fingerprint density at radius 2 is 2.06 bits per heavy atom. The normalized spacial score (nSPS) is 11.1. The van der Waals surface area contributed by atoms with Gasteiger partial charge in [0.25, 0.3) is 0 Å². The lowest BCUT2D eigenvalue weighted by atomic mass is 10.2. The molecule has 1 aromatic carbocycles. The van der Waals surface area contributed by atoms with Crippen LogP contribution in [0.1, 0.15) is 11.1 Å². The van der Waals surface area contributed by atoms with Crippen LogP contribution >= 0.6 is 11.3 Å². The molecule has 0 atom stereocenters. The van der Waals surface area contributed by atoms with Crippen molar-refractivity contribution < 1.29 is 0 Å². The molecule has 0 aliphatic heterocycles. The number of imidazole rings is 1. The molecule has 3 rings (SSSR count). The summed E-state index contributed by atoms with van der Waals surface area (Å²) in [5.74, 6) is 0.980. The number of aryl methyl sites for hydroxylation is 2. The number of benzene rings is 1. The standard InChI is InChI=1S/C13H12N2S/c1-8-3-4-10-11(7-8)15-13(14-10)12-9(2)5-6-16-12/h3-7H,1-2H3,(H,14,15). The van der Waals surface area contributed by atoms with Crippen LogP contribution in [0.5, 0.6) is 0 Å². The van der Waals surface area contributed by atoms with Crippen molar-refractivity contribution in [2.45, 2.75) is 13.8 Å². The van der Waals surface area contributed by atoms with Crippen molar-refractivity contribution >= 4 is 22.4 Å². The molecule has 0 spiro atoms. The van der Waals surface area contributed by atoms with Crippen molar-refractivity contribution in [3.63, 3.8) is 0 Å². The number of aromatic nitrogens is 2. The lowest BCUT2D eigenvalue weighted by Gasteiger charge is -1.92. The van der Waals surface area contributed by atoms with E-state index in [-0.39, 0.29) is 0 Å². The Bertz CT molecular complexity index is 649. The maximum atomic E-state index is 4.61. The topological polar surface area (TPSA) is 28.7 Å². The molecule has 0 bridgehead atoms. The van der Waals surface area contributed by atoms with Gasteiger partial charge in [-0.15, -0.1) is 11.3 Å². The second-order valence-electron chi connectivity index (χ2n) is 4.04. The first-order valence-corrected chi connectivity index (χ1v) is 6.13. The van der Waals surface area contributed by atoms with Crippen molar-refractivity contribution in [3.05, 3.63) is 40.8 Å². The highest BCUT2D eigenvalue weighted by Crippen LogP contribution is 2.28. The Kier molecular flexibility index (Phi) is 2.07. The molecule has 2 aromatic heterocycles. The van der Waals surface area contributed by atoms with Gasteiger partial charge in [0.15, 0.2) is 0 Å². The minimum atomic E-state index is 0.980. The Hall–Kier alpha value is -1.61. The van der Waals surface area contributed by atoms with Crippen LogP contribution in [0.4, 0.5) is 0 Å². The average Bonchev–Trinajstić information content (AvgIpc) is 2.82. The Balaban J connectivity index is 2.23. The van der Waals surface area contributed by atoms with Crippen LogP contribution < -0.4 is 0 Å². The zero-order valence-electron chi connectivity index (χ0n) is 9.24. The number of aromatic amines is 1. The maximum absolute atomic E-state index is 4.61. The van der Waals surface area contributed by atoms with Gasteiger partial charge >= 0.3 is 0 Å². The summed E-state index contributed by atoms with van der Waals surface area (Å²) in [6.45, 7) is 4.21. The fraction of sp³-hybridized carbons (Fsp3) is 0.154. The van der Waals surface area contributed by atoms with Crippen LogP contribution in [-0.2, 0) is 0 Å². The van der Waals surface area contributed by atoms with Crippen molar-refractivity contribution in [2.75, 3.05) is 0 Å². The number of H-pyrrole nitrogens is 1. The summed E-state index contributed by atoms with van der Waals surface area (Å²) in [4.78, 5) is 9.22. The molecule has 2 nitrogen and oxygen atoms in total. The van der Waals surface area contributed by atoms with E-state index in [0.717, 1.165) is 16.9 Å². The van der Waals surface area contributed by atoms with E-state index in [1.165, 1.54) is 16.0 Å². The molecule has 0 amide bonds. The minimum absolute atomic E-state index is 0.980. The summed E-state index contributed by atoms with van der Waals surface area (Å²) in [5.41, 5.74) is 4.68. The van der Waals surface area contributed by atoms with Crippen molar-refractivity contribution in [1.82, 2.24) is 9.97 Å². The maximum Gasteiger partial charge on any atom is 0.148 e. The van der Waals surface area contributed by atoms with E-state index >= 15 is 0 Å². The lowest BCUT2D eigenvalue weighted by Crippen LogP contribution is -1.77. The molecule has 0 radical (unpaired) electrons. The number of rotatable bonds is 1. The zero-order chi connectivity index (χ0) is 11.1. The van der Waals surface area contributed by atoms with Gasteiger partial charge in [-0.2, -0.15) is 0 Å². The van der Waals surface area contributed by atoms with Gasteiger partial charge in [0.2, 0.25) is 0 Å². The SMILES string of the molecule is Cc1ccc2nc(-c3sccc3C)[nH]c2c1. The zero-order valence-corrected chi connectivity index (χ0v) is 10.1. The molecule has 0 aliphatic carbocycles. The van der Waals surface area contributed by atoms with Gasteiger partial charge in [-0.1, -0.05) is 6.07 Å². The number of fused-ring (bicyclic) bond motifs is 1. The Morgan fingerprint density at radius 1 is 1.19 bits per heavy atom. The van der Waals surface area contributed by atoms with E-state index in [1.807, 2.05) is 0 Å². The summed E-state index contributed by atoms with van der Waals surface area (Å²) in [6.07, 6.45) is 0. The monoisotopic (exact) mass is 228 g/mol. The fourth-order valence-electron chi connectivity index (χ4n) is 1.85. The van der Waals surface area contributed by atoms with Crippen molar-refractivity contribution in [1.29, 1.82) is 0 Å². The average molecular weight is 228 g/mol. The molecule has 0 saturated heterocycles. The molecular weight excluding hydrogens is 216 g/mol. The summed E-state index contributed by atoms with van der Waals surface area (Å²) in [6, 6.07) is 8.41. The van der Waals surface area contributed by atoms with Gasteiger partial charge < -0.3 is 4.98 Å². The summed E-state index contributed by atoms with van der Waals surface area (Å²) < 4.78 is 0. The first kappa shape index (κ1) is 9.60. The second-order valence-corrected chi connectivity index (χ2v) is 4.95. The van der Waals surface area contributed by atoms with E-state index in [4.69, 9.17) is 0 Å². The van der Waals surface area contributed by atoms with Crippen molar-refractivity contribution in [3.8, 4) is 10.7 Å². The Labute approximate surface area is 98.0 Å². The highest BCUT2D eigenvalue weighted by molar-refractivity contribution is 7.13. The first-order valence-electron chi connectivity index (χ1n) is 5.25.